The Kier molecular flexibility index (Phi) is 8.42. The van der Waals surface area contributed by atoms with Crippen LogP contribution in [0.5, 0.6) is 12.0 Å². The number of hydrogen-bond donors (Lipinski definition) is 1. The van der Waals surface area contributed by atoms with Gasteiger partial charge in [0.05, 0.1) is 19.3 Å². The molecular weight excluding hydrogens is 272 g/mol. The molecule has 21 heavy (non-hydrogen) atoms. The number of ether oxygens (including phenoxy) is 3. The molecule has 7 heteroatoms. The summed E-state index contributed by atoms with van der Waals surface area (Å²) in [6, 6.07) is 0.535. The summed E-state index contributed by atoms with van der Waals surface area (Å²) in [5, 5.41) is 3.11. The maximum atomic E-state index is 5.49. The Bertz CT molecular complexity index is 376. The SMILES string of the molecule is CCCNc1nc(OCCC)nc(OCCOC(C)C)n1. The van der Waals surface area contributed by atoms with Gasteiger partial charge in [-0.1, -0.05) is 13.8 Å². The van der Waals surface area contributed by atoms with E-state index in [-0.39, 0.29) is 18.1 Å². The van der Waals surface area contributed by atoms with Crippen molar-refractivity contribution in [2.75, 3.05) is 31.7 Å². The molecule has 1 heterocycles. The molecule has 0 bridgehead atoms. The van der Waals surface area contributed by atoms with Crippen LogP contribution in [0.3, 0.4) is 0 Å². The minimum atomic E-state index is 0.178. The van der Waals surface area contributed by atoms with Crippen molar-refractivity contribution in [2.45, 2.75) is 46.6 Å². The maximum absolute atomic E-state index is 5.49. The Balaban J connectivity index is 2.61. The van der Waals surface area contributed by atoms with Crippen molar-refractivity contribution in [3.63, 3.8) is 0 Å². The fourth-order valence-corrected chi connectivity index (χ4v) is 1.39. The third-order valence-corrected chi connectivity index (χ3v) is 2.33. The molecule has 1 aromatic heterocycles. The summed E-state index contributed by atoms with van der Waals surface area (Å²) in [6.45, 7) is 10.3. The second kappa shape index (κ2) is 10.1. The number of rotatable bonds is 11. The summed E-state index contributed by atoms with van der Waals surface area (Å²) >= 11 is 0. The molecule has 1 N–H and O–H groups in total. The van der Waals surface area contributed by atoms with E-state index in [0.29, 0.717) is 25.8 Å². The van der Waals surface area contributed by atoms with Crippen molar-refractivity contribution in [2.24, 2.45) is 0 Å². The van der Waals surface area contributed by atoms with Crippen molar-refractivity contribution in [1.82, 2.24) is 15.0 Å². The highest BCUT2D eigenvalue weighted by molar-refractivity contribution is 5.27. The molecule has 0 radical (unpaired) electrons. The van der Waals surface area contributed by atoms with Crippen LogP contribution in [0.1, 0.15) is 40.5 Å². The fraction of sp³-hybridized carbons (Fsp3) is 0.786. The number of aromatic nitrogens is 3. The van der Waals surface area contributed by atoms with Crippen molar-refractivity contribution < 1.29 is 14.2 Å². The van der Waals surface area contributed by atoms with Crippen LogP contribution in [-0.4, -0.2) is 47.4 Å². The van der Waals surface area contributed by atoms with Crippen molar-refractivity contribution in [1.29, 1.82) is 0 Å². The van der Waals surface area contributed by atoms with E-state index in [0.717, 1.165) is 19.4 Å². The van der Waals surface area contributed by atoms with E-state index in [9.17, 15) is 0 Å². The van der Waals surface area contributed by atoms with Crippen molar-refractivity contribution >= 4 is 5.95 Å². The first-order valence-electron chi connectivity index (χ1n) is 7.52. The molecule has 120 valence electrons. The van der Waals surface area contributed by atoms with Gasteiger partial charge in [-0.2, -0.15) is 9.97 Å². The molecule has 0 spiro atoms. The third kappa shape index (κ3) is 7.65. The van der Waals surface area contributed by atoms with E-state index in [2.05, 4.69) is 27.2 Å². The first-order valence-corrected chi connectivity index (χ1v) is 7.52. The van der Waals surface area contributed by atoms with E-state index >= 15 is 0 Å². The van der Waals surface area contributed by atoms with Gasteiger partial charge in [0.2, 0.25) is 5.95 Å². The summed E-state index contributed by atoms with van der Waals surface area (Å²) in [5.74, 6) is 0.470. The van der Waals surface area contributed by atoms with E-state index in [4.69, 9.17) is 14.2 Å². The van der Waals surface area contributed by atoms with Gasteiger partial charge in [-0.15, -0.1) is 4.98 Å². The van der Waals surface area contributed by atoms with Gasteiger partial charge < -0.3 is 19.5 Å². The molecule has 0 atom stereocenters. The third-order valence-electron chi connectivity index (χ3n) is 2.33. The van der Waals surface area contributed by atoms with Crippen LogP contribution in [0.25, 0.3) is 0 Å². The van der Waals surface area contributed by atoms with Gasteiger partial charge in [0.1, 0.15) is 6.61 Å². The minimum Gasteiger partial charge on any atom is -0.463 e. The lowest BCUT2D eigenvalue weighted by Crippen LogP contribution is -2.14. The molecule has 0 saturated heterocycles. The monoisotopic (exact) mass is 298 g/mol. The smallest absolute Gasteiger partial charge is 0.324 e. The molecular formula is C14H26N4O3. The maximum Gasteiger partial charge on any atom is 0.324 e. The van der Waals surface area contributed by atoms with Gasteiger partial charge in [-0.25, -0.2) is 0 Å². The van der Waals surface area contributed by atoms with Gasteiger partial charge >= 0.3 is 12.0 Å². The van der Waals surface area contributed by atoms with Gasteiger partial charge in [0.25, 0.3) is 0 Å². The Morgan fingerprint density at radius 2 is 1.57 bits per heavy atom. The average Bonchev–Trinajstić information content (AvgIpc) is 2.47. The highest BCUT2D eigenvalue weighted by atomic mass is 16.5. The zero-order valence-corrected chi connectivity index (χ0v) is 13.4. The molecule has 0 unspecified atom stereocenters. The number of nitrogens with zero attached hydrogens (tertiary/aromatic N) is 3. The van der Waals surface area contributed by atoms with Crippen LogP contribution < -0.4 is 14.8 Å². The van der Waals surface area contributed by atoms with Crippen LogP contribution in [0.2, 0.25) is 0 Å². The number of hydrogen-bond acceptors (Lipinski definition) is 7. The van der Waals surface area contributed by atoms with E-state index in [1.54, 1.807) is 0 Å². The summed E-state index contributed by atoms with van der Waals surface area (Å²) < 4.78 is 16.3. The lowest BCUT2D eigenvalue weighted by atomic mass is 10.5. The van der Waals surface area contributed by atoms with E-state index < -0.39 is 0 Å². The van der Waals surface area contributed by atoms with Gasteiger partial charge in [0.15, 0.2) is 0 Å². The van der Waals surface area contributed by atoms with Crippen LogP contribution in [-0.2, 0) is 4.74 Å². The predicted octanol–water partition coefficient (Wildman–Crippen LogP) is 2.29. The first kappa shape index (κ1) is 17.4. The Labute approximate surface area is 126 Å². The number of anilines is 1. The van der Waals surface area contributed by atoms with E-state index in [1.807, 2.05) is 20.8 Å². The molecule has 1 aromatic rings. The highest BCUT2D eigenvalue weighted by Crippen LogP contribution is 2.13. The number of nitrogens with one attached hydrogen (secondary N) is 1. The molecule has 0 aromatic carbocycles. The molecule has 0 aliphatic carbocycles. The Hall–Kier alpha value is -1.63. The van der Waals surface area contributed by atoms with Crippen molar-refractivity contribution in [3.8, 4) is 12.0 Å². The average molecular weight is 298 g/mol. The molecule has 0 aliphatic rings. The normalized spacial score (nSPS) is 10.7. The predicted molar refractivity (Wildman–Crippen MR) is 81.0 cm³/mol. The van der Waals surface area contributed by atoms with Crippen LogP contribution >= 0.6 is 0 Å². The quantitative estimate of drug-likeness (QED) is 0.628. The standard InChI is InChI=1S/C14H26N4O3/c1-5-7-15-12-16-13(20-8-6-2)18-14(17-12)21-10-9-19-11(3)4/h11H,5-10H2,1-4H3,(H,15,16,17,18). The van der Waals surface area contributed by atoms with Crippen LogP contribution in [0.4, 0.5) is 5.95 Å². The fourth-order valence-electron chi connectivity index (χ4n) is 1.39. The summed E-state index contributed by atoms with van der Waals surface area (Å²) in [4.78, 5) is 12.5. The summed E-state index contributed by atoms with van der Waals surface area (Å²) in [7, 11) is 0. The highest BCUT2D eigenvalue weighted by Gasteiger charge is 2.08. The second-order valence-corrected chi connectivity index (χ2v) is 4.77. The lowest BCUT2D eigenvalue weighted by molar-refractivity contribution is 0.0528. The molecule has 7 nitrogen and oxygen atoms in total. The zero-order chi connectivity index (χ0) is 15.5. The van der Waals surface area contributed by atoms with Crippen LogP contribution in [0.15, 0.2) is 0 Å². The Morgan fingerprint density at radius 1 is 0.905 bits per heavy atom. The molecule has 0 saturated carbocycles. The Morgan fingerprint density at radius 3 is 2.14 bits per heavy atom. The van der Waals surface area contributed by atoms with Gasteiger partial charge in [0, 0.05) is 6.54 Å². The zero-order valence-electron chi connectivity index (χ0n) is 13.4. The van der Waals surface area contributed by atoms with Crippen molar-refractivity contribution in [3.05, 3.63) is 0 Å². The first-order chi connectivity index (χ1) is 10.2. The summed E-state index contributed by atoms with van der Waals surface area (Å²) in [6.07, 6.45) is 2.05. The summed E-state index contributed by atoms with van der Waals surface area (Å²) in [5.41, 5.74) is 0. The second-order valence-electron chi connectivity index (χ2n) is 4.77. The lowest BCUT2D eigenvalue weighted by Gasteiger charge is -2.10. The van der Waals surface area contributed by atoms with Gasteiger partial charge in [-0.3, -0.25) is 0 Å². The van der Waals surface area contributed by atoms with Crippen LogP contribution in [0, 0.1) is 0 Å². The molecule has 0 amide bonds. The molecule has 0 aliphatic heterocycles. The molecule has 1 rings (SSSR count). The van der Waals surface area contributed by atoms with Gasteiger partial charge in [-0.05, 0) is 26.7 Å². The topological polar surface area (TPSA) is 78.4 Å². The minimum absolute atomic E-state index is 0.178. The molecule has 0 fully saturated rings. The largest absolute Gasteiger partial charge is 0.463 e. The van der Waals surface area contributed by atoms with E-state index in [1.165, 1.54) is 0 Å².